The van der Waals surface area contributed by atoms with Crippen LogP contribution in [-0.2, 0) is 19.5 Å². The fourth-order valence-corrected chi connectivity index (χ4v) is 7.56. The quantitative estimate of drug-likeness (QED) is 0.130. The molecule has 0 atom stereocenters. The van der Waals surface area contributed by atoms with Crippen molar-refractivity contribution in [3.63, 3.8) is 0 Å². The summed E-state index contributed by atoms with van der Waals surface area (Å²) in [5.41, 5.74) is 6.92. The van der Waals surface area contributed by atoms with E-state index in [-0.39, 0.29) is 43.5 Å². The molecule has 0 saturated carbocycles. The van der Waals surface area contributed by atoms with E-state index >= 15 is 0 Å². The normalized spacial score (nSPS) is 11.8. The maximum absolute atomic E-state index is 5.13. The second kappa shape index (κ2) is 13.5. The van der Waals surface area contributed by atoms with Gasteiger partial charge in [0.1, 0.15) is 5.69 Å². The molecule has 0 saturated heterocycles. The monoisotopic (exact) mass is 869 g/mol. The van der Waals surface area contributed by atoms with Gasteiger partial charge in [-0.2, -0.15) is 0 Å². The first kappa shape index (κ1) is 35.2. The maximum atomic E-state index is 5.13. The van der Waals surface area contributed by atoms with Crippen LogP contribution in [0.4, 0.5) is 5.69 Å². The standard InChI is InChI=1S/C41H28N9S.HI.Zn/c1-50(2,3)23-11-10-12-24(21-23)51-25-19-20-32-33(22-25)41-48-39-31-18-9-8-17-30(31)37(46-39)44-35-27-14-5-4-13-26(27)34(42-35)43-36-28-15-6-7-16-29(28)38(45-36)47-40(32)49-41;;/h4-22H,1-3H3;1H;/q-1;;+2/p-1. The van der Waals surface area contributed by atoms with Crippen LogP contribution in [0.3, 0.4) is 0 Å². The van der Waals surface area contributed by atoms with Gasteiger partial charge in [-0.3, -0.25) is 4.48 Å². The van der Waals surface area contributed by atoms with E-state index in [1.54, 1.807) is 11.8 Å². The number of hydrogen-bond acceptors (Lipinski definition) is 7. The molecule has 3 aromatic heterocycles. The van der Waals surface area contributed by atoms with Crippen LogP contribution in [-0.4, -0.2) is 51.0 Å². The van der Waals surface area contributed by atoms with Crippen molar-refractivity contribution < 1.29 is 43.5 Å². The first-order valence-corrected chi connectivity index (χ1v) is 17.4. The van der Waals surface area contributed by atoms with Crippen molar-refractivity contribution in [1.82, 2.24) is 44.4 Å². The molecule has 2 aliphatic heterocycles. The Labute approximate surface area is 338 Å². The van der Waals surface area contributed by atoms with E-state index in [2.05, 4.69) is 63.6 Å². The average molecular weight is 871 g/mol. The largest absolute Gasteiger partial charge is 2.00 e. The Kier molecular flexibility index (Phi) is 8.97. The molecular formula is C41H28IN9SZn. The Morgan fingerprint density at radius 1 is 0.434 bits per heavy atom. The van der Waals surface area contributed by atoms with E-state index in [9.17, 15) is 0 Å². The fraction of sp³-hybridized carbons (Fsp3) is 0.0732. The average Bonchev–Trinajstić information content (AvgIpc) is 3.87. The van der Waals surface area contributed by atoms with Crippen LogP contribution in [0.1, 0.15) is 0 Å². The van der Waals surface area contributed by atoms with Crippen molar-refractivity contribution in [3.05, 3.63) is 115 Å². The van der Waals surface area contributed by atoms with Crippen molar-refractivity contribution in [1.29, 1.82) is 0 Å². The van der Waals surface area contributed by atoms with Crippen LogP contribution in [0.5, 0.6) is 0 Å². The summed E-state index contributed by atoms with van der Waals surface area (Å²) in [5, 5.41) is 3.53. The molecule has 0 aliphatic carbocycles. The minimum absolute atomic E-state index is 0. The Hall–Kier alpha value is -4.88. The van der Waals surface area contributed by atoms with Crippen LogP contribution < -0.4 is 38.4 Å². The Bertz CT molecular complexity index is 2910. The number of aromatic nitrogens is 8. The number of halogens is 1. The molecule has 0 fully saturated rings. The van der Waals surface area contributed by atoms with Crippen LogP contribution in [0.25, 0.3) is 89.7 Å². The molecule has 2 aliphatic rings. The van der Waals surface area contributed by atoms with Gasteiger partial charge in [-0.15, -0.1) is 0 Å². The molecule has 252 valence electrons. The molecule has 10 rings (SSSR count). The number of quaternary nitrogens is 1. The Morgan fingerprint density at radius 3 is 1.32 bits per heavy atom. The molecule has 53 heavy (non-hydrogen) atoms. The second-order valence-corrected chi connectivity index (χ2v) is 14.6. The predicted molar refractivity (Wildman–Crippen MR) is 204 cm³/mol. The van der Waals surface area contributed by atoms with Gasteiger partial charge in [0.2, 0.25) is 0 Å². The van der Waals surface area contributed by atoms with Crippen LogP contribution in [0.15, 0.2) is 125 Å². The number of fused-ring (bicyclic) bond motifs is 20. The Balaban J connectivity index is 0.00000200. The molecule has 0 amide bonds. The SMILES string of the molecule is C[N+](C)(C)c1cccc(Sc2ccc3c(c2)-c2nc-3nc3[n-]c(nc4nc(nc5[n-]c(n2)c2ccccc52)-c2ccccc2-4)c2ccccc32)c1.[I-].[Zn+2]. The van der Waals surface area contributed by atoms with E-state index in [1.807, 2.05) is 72.8 Å². The van der Waals surface area contributed by atoms with E-state index in [0.29, 0.717) is 45.9 Å². The van der Waals surface area contributed by atoms with Gasteiger partial charge in [0.05, 0.1) is 44.4 Å². The van der Waals surface area contributed by atoms with Gasteiger partial charge in [-0.25, -0.2) is 9.97 Å². The van der Waals surface area contributed by atoms with Gasteiger partial charge in [-0.1, -0.05) is 96.7 Å². The van der Waals surface area contributed by atoms with E-state index in [0.717, 1.165) is 58.1 Å². The number of hydrogen-bond donors (Lipinski definition) is 0. The van der Waals surface area contributed by atoms with E-state index in [1.165, 1.54) is 5.69 Å². The van der Waals surface area contributed by atoms with Crippen LogP contribution in [0.2, 0.25) is 0 Å². The minimum Gasteiger partial charge on any atom is -1.00 e. The van der Waals surface area contributed by atoms with Crippen LogP contribution in [0, 0.1) is 0 Å². The van der Waals surface area contributed by atoms with Crippen molar-refractivity contribution in [2.45, 2.75) is 9.79 Å². The van der Waals surface area contributed by atoms with Gasteiger partial charge in [-0.05, 0) is 45.8 Å². The van der Waals surface area contributed by atoms with Crippen molar-refractivity contribution in [3.8, 4) is 45.6 Å². The molecule has 5 heterocycles. The Morgan fingerprint density at radius 2 is 0.849 bits per heavy atom. The molecule has 0 radical (unpaired) electrons. The molecule has 9 nitrogen and oxygen atoms in total. The molecule has 0 unspecified atom stereocenters. The third kappa shape index (κ3) is 6.13. The zero-order chi connectivity index (χ0) is 34.3. The molecule has 12 heteroatoms. The van der Waals surface area contributed by atoms with E-state index in [4.69, 9.17) is 39.9 Å². The minimum atomic E-state index is 0. The summed E-state index contributed by atoms with van der Waals surface area (Å²) in [6.07, 6.45) is 0. The summed E-state index contributed by atoms with van der Waals surface area (Å²) in [4.78, 5) is 42.4. The van der Waals surface area contributed by atoms with Crippen molar-refractivity contribution in [2.24, 2.45) is 0 Å². The van der Waals surface area contributed by atoms with Gasteiger partial charge in [0.25, 0.3) is 0 Å². The number of rotatable bonds is 3. The topological polar surface area (TPSA) is 106 Å². The number of benzene rings is 5. The second-order valence-electron chi connectivity index (χ2n) is 13.4. The van der Waals surface area contributed by atoms with E-state index < -0.39 is 0 Å². The summed E-state index contributed by atoms with van der Waals surface area (Å²) in [6.45, 7) is 0. The number of nitrogens with zero attached hydrogens (tertiary/aromatic N) is 9. The van der Waals surface area contributed by atoms with Gasteiger partial charge in [0.15, 0.2) is 0 Å². The summed E-state index contributed by atoms with van der Waals surface area (Å²) >= 11 is 1.71. The summed E-state index contributed by atoms with van der Waals surface area (Å²) in [7, 11) is 6.52. The zero-order valence-corrected chi connectivity index (χ0v) is 34.9. The molecule has 0 spiro atoms. The fourth-order valence-electron chi connectivity index (χ4n) is 6.65. The first-order valence-electron chi connectivity index (χ1n) is 16.6. The molecule has 8 bridgehead atoms. The van der Waals surface area contributed by atoms with Crippen LogP contribution >= 0.6 is 11.8 Å². The summed E-state index contributed by atoms with van der Waals surface area (Å²) in [6, 6.07) is 39.0. The summed E-state index contributed by atoms with van der Waals surface area (Å²) in [5.74, 6) is 2.16. The smallest absolute Gasteiger partial charge is 1.00 e. The van der Waals surface area contributed by atoms with Gasteiger partial charge >= 0.3 is 19.5 Å². The maximum Gasteiger partial charge on any atom is 2.00 e. The van der Waals surface area contributed by atoms with Crippen molar-refractivity contribution in [2.75, 3.05) is 21.1 Å². The predicted octanol–water partition coefficient (Wildman–Crippen LogP) is 5.48. The first-order chi connectivity index (χ1) is 24.9. The van der Waals surface area contributed by atoms with Gasteiger partial charge < -0.3 is 53.9 Å². The van der Waals surface area contributed by atoms with Crippen molar-refractivity contribution >= 4 is 61.6 Å². The zero-order valence-electron chi connectivity index (χ0n) is 29.0. The summed E-state index contributed by atoms with van der Waals surface area (Å²) < 4.78 is 0.738. The molecule has 8 aromatic rings. The molecule has 0 N–H and O–H groups in total. The third-order valence-electron chi connectivity index (χ3n) is 9.22. The van der Waals surface area contributed by atoms with Gasteiger partial charge in [0, 0.05) is 60.7 Å². The third-order valence-corrected chi connectivity index (χ3v) is 10.2. The molecular weight excluding hydrogens is 843 g/mol. The molecule has 5 aromatic carbocycles.